The minimum atomic E-state index is -0.600. The van der Waals surface area contributed by atoms with Crippen LogP contribution >= 0.6 is 11.6 Å². The van der Waals surface area contributed by atoms with Crippen molar-refractivity contribution in [2.45, 2.75) is 13.3 Å². The molecule has 0 unspecified atom stereocenters. The molecule has 0 aliphatic rings. The third kappa shape index (κ3) is 4.72. The minimum absolute atomic E-state index is 0.110. The summed E-state index contributed by atoms with van der Waals surface area (Å²) >= 11 is 5.84. The smallest absolute Gasteiger partial charge is 0.338 e. The Labute approximate surface area is 166 Å². The highest BCUT2D eigenvalue weighted by molar-refractivity contribution is 6.29. The number of carbonyl (C=O) groups is 3. The van der Waals surface area contributed by atoms with Crippen LogP contribution in [0.25, 0.3) is 10.9 Å². The van der Waals surface area contributed by atoms with Crippen LogP contribution in [0.4, 0.5) is 5.69 Å². The van der Waals surface area contributed by atoms with Gasteiger partial charge in [0.05, 0.1) is 11.1 Å². The number of amides is 1. The van der Waals surface area contributed by atoms with Crippen molar-refractivity contribution in [3.05, 3.63) is 70.9 Å². The number of ketones is 1. The van der Waals surface area contributed by atoms with Crippen LogP contribution in [-0.2, 0) is 9.53 Å². The van der Waals surface area contributed by atoms with Crippen molar-refractivity contribution in [3.8, 4) is 0 Å². The van der Waals surface area contributed by atoms with E-state index >= 15 is 0 Å². The number of carbonyl (C=O) groups excluding carboxylic acids is 3. The summed E-state index contributed by atoms with van der Waals surface area (Å²) in [5, 5.41) is 3.81. The number of nitrogens with one attached hydrogen (secondary N) is 1. The Morgan fingerprint density at radius 3 is 2.43 bits per heavy atom. The number of benzene rings is 2. The molecule has 0 atom stereocenters. The zero-order chi connectivity index (χ0) is 20.1. The third-order valence-corrected chi connectivity index (χ3v) is 4.25. The molecule has 3 aromatic rings. The Morgan fingerprint density at radius 1 is 1.00 bits per heavy atom. The summed E-state index contributed by atoms with van der Waals surface area (Å²) < 4.78 is 5.12. The fourth-order valence-corrected chi connectivity index (χ4v) is 2.67. The average molecular weight is 397 g/mol. The largest absolute Gasteiger partial charge is 0.454 e. The molecule has 3 rings (SSSR count). The van der Waals surface area contributed by atoms with Gasteiger partial charge < -0.3 is 10.1 Å². The average Bonchev–Trinajstić information content (AvgIpc) is 2.71. The fraction of sp³-hybridized carbons (Fsp3) is 0.143. The van der Waals surface area contributed by atoms with Crippen molar-refractivity contribution in [1.82, 2.24) is 4.98 Å². The summed E-state index contributed by atoms with van der Waals surface area (Å²) in [5.41, 5.74) is 1.97. The van der Waals surface area contributed by atoms with E-state index < -0.39 is 5.97 Å². The molecule has 6 nitrogen and oxygen atoms in total. The second-order valence-corrected chi connectivity index (χ2v) is 6.41. The molecular weight excluding hydrogens is 380 g/mol. The highest BCUT2D eigenvalue weighted by atomic mass is 35.5. The number of hydrogen-bond donors (Lipinski definition) is 1. The normalized spacial score (nSPS) is 10.5. The van der Waals surface area contributed by atoms with E-state index in [1.54, 1.807) is 61.5 Å². The van der Waals surface area contributed by atoms with Crippen molar-refractivity contribution in [3.63, 3.8) is 0 Å². The third-order valence-electron chi connectivity index (χ3n) is 4.04. The lowest BCUT2D eigenvalue weighted by atomic mass is 10.1. The van der Waals surface area contributed by atoms with Crippen molar-refractivity contribution in [1.29, 1.82) is 0 Å². The lowest BCUT2D eigenvalue weighted by molar-refractivity contribution is -0.115. The SMILES string of the molecule is CCC(=O)Nc1ccc(C(=O)COC(=O)c2ccc3nc(Cl)ccc3c2)cc1. The van der Waals surface area contributed by atoms with Gasteiger partial charge in [0, 0.05) is 23.1 Å². The van der Waals surface area contributed by atoms with E-state index in [9.17, 15) is 14.4 Å². The topological polar surface area (TPSA) is 85.4 Å². The summed E-state index contributed by atoms with van der Waals surface area (Å²) in [6.07, 6.45) is 0.370. The highest BCUT2D eigenvalue weighted by Crippen LogP contribution is 2.18. The molecule has 2 aromatic carbocycles. The van der Waals surface area contributed by atoms with Gasteiger partial charge in [-0.25, -0.2) is 9.78 Å². The first-order chi connectivity index (χ1) is 13.5. The van der Waals surface area contributed by atoms with E-state index in [1.165, 1.54) is 0 Å². The molecule has 0 spiro atoms. The van der Waals surface area contributed by atoms with Crippen LogP contribution in [0.2, 0.25) is 5.15 Å². The first-order valence-electron chi connectivity index (χ1n) is 8.63. The molecule has 0 saturated carbocycles. The van der Waals surface area contributed by atoms with Crippen molar-refractivity contribution < 1.29 is 19.1 Å². The zero-order valence-corrected chi connectivity index (χ0v) is 15.8. The number of hydrogen-bond acceptors (Lipinski definition) is 5. The summed E-state index contributed by atoms with van der Waals surface area (Å²) in [6.45, 7) is 1.37. The molecule has 0 fully saturated rings. The Bertz CT molecular complexity index is 1050. The van der Waals surface area contributed by atoms with Gasteiger partial charge in [-0.15, -0.1) is 0 Å². The van der Waals surface area contributed by atoms with E-state index in [0.29, 0.717) is 33.9 Å². The molecule has 142 valence electrons. The lowest BCUT2D eigenvalue weighted by Gasteiger charge is -2.07. The molecule has 0 aliphatic carbocycles. The summed E-state index contributed by atoms with van der Waals surface area (Å²) in [5.74, 6) is -1.05. The van der Waals surface area contributed by atoms with Crippen LogP contribution in [0.5, 0.6) is 0 Å². The number of halogens is 1. The Kier molecular flexibility index (Phi) is 6.01. The van der Waals surface area contributed by atoms with Gasteiger partial charge in [0.25, 0.3) is 0 Å². The molecule has 0 aliphatic heterocycles. The summed E-state index contributed by atoms with van der Waals surface area (Å²) in [6, 6.07) is 14.7. The van der Waals surface area contributed by atoms with Gasteiger partial charge in [-0.3, -0.25) is 9.59 Å². The summed E-state index contributed by atoms with van der Waals surface area (Å²) in [4.78, 5) is 40.0. The maximum Gasteiger partial charge on any atom is 0.338 e. The molecule has 0 bridgehead atoms. The molecule has 1 heterocycles. The molecule has 0 radical (unpaired) electrons. The van der Waals surface area contributed by atoms with Gasteiger partial charge in [-0.1, -0.05) is 18.5 Å². The Balaban J connectivity index is 1.61. The van der Waals surface area contributed by atoms with E-state index in [4.69, 9.17) is 16.3 Å². The molecule has 28 heavy (non-hydrogen) atoms. The number of anilines is 1. The maximum absolute atomic E-state index is 12.2. The Morgan fingerprint density at radius 2 is 1.71 bits per heavy atom. The van der Waals surface area contributed by atoms with Crippen molar-refractivity contribution >= 4 is 45.9 Å². The van der Waals surface area contributed by atoms with E-state index in [-0.39, 0.29) is 18.3 Å². The second-order valence-electron chi connectivity index (χ2n) is 6.02. The first kappa shape index (κ1) is 19.5. The Hall–Kier alpha value is -3.25. The molecular formula is C21H17ClN2O4. The number of pyridine rings is 1. The monoisotopic (exact) mass is 396 g/mol. The standard InChI is InChI=1S/C21H17ClN2O4/c1-2-20(26)23-16-7-3-13(4-8-16)18(25)12-28-21(27)15-5-9-17-14(11-15)6-10-19(22)24-17/h3-11H,2,12H2,1H3,(H,23,26). The van der Waals surface area contributed by atoms with Gasteiger partial charge in [0.15, 0.2) is 12.4 Å². The van der Waals surface area contributed by atoms with Gasteiger partial charge in [-0.05, 0) is 54.6 Å². The van der Waals surface area contributed by atoms with Gasteiger partial charge in [-0.2, -0.15) is 0 Å². The van der Waals surface area contributed by atoms with E-state index in [1.807, 2.05) is 0 Å². The fourth-order valence-electron chi connectivity index (χ4n) is 2.51. The number of nitrogens with zero attached hydrogens (tertiary/aromatic N) is 1. The number of Topliss-reactive ketones (excluding diaryl/α,β-unsaturated/α-hetero) is 1. The minimum Gasteiger partial charge on any atom is -0.454 e. The van der Waals surface area contributed by atoms with Crippen molar-refractivity contribution in [2.24, 2.45) is 0 Å². The first-order valence-corrected chi connectivity index (χ1v) is 9.00. The van der Waals surface area contributed by atoms with Gasteiger partial charge in [0.2, 0.25) is 5.91 Å². The summed E-state index contributed by atoms with van der Waals surface area (Å²) in [7, 11) is 0. The van der Waals surface area contributed by atoms with Gasteiger partial charge in [0.1, 0.15) is 5.15 Å². The van der Waals surface area contributed by atoms with Crippen LogP contribution in [0, 0.1) is 0 Å². The molecule has 7 heteroatoms. The zero-order valence-electron chi connectivity index (χ0n) is 15.1. The predicted molar refractivity (Wildman–Crippen MR) is 107 cm³/mol. The molecule has 1 amide bonds. The van der Waals surface area contributed by atoms with Crippen LogP contribution in [-0.4, -0.2) is 29.3 Å². The quantitative estimate of drug-likeness (QED) is 0.382. The molecule has 1 N–H and O–H groups in total. The second kappa shape index (κ2) is 8.63. The number of aromatic nitrogens is 1. The highest BCUT2D eigenvalue weighted by Gasteiger charge is 2.13. The number of ether oxygens (including phenoxy) is 1. The van der Waals surface area contributed by atoms with Gasteiger partial charge >= 0.3 is 5.97 Å². The maximum atomic E-state index is 12.2. The predicted octanol–water partition coefficient (Wildman–Crippen LogP) is 4.28. The molecule has 0 saturated heterocycles. The molecule has 1 aromatic heterocycles. The number of esters is 1. The van der Waals surface area contributed by atoms with Crippen LogP contribution in [0.15, 0.2) is 54.6 Å². The van der Waals surface area contributed by atoms with E-state index in [2.05, 4.69) is 10.3 Å². The van der Waals surface area contributed by atoms with E-state index in [0.717, 1.165) is 5.39 Å². The number of rotatable bonds is 6. The lowest BCUT2D eigenvalue weighted by Crippen LogP contribution is -2.14. The van der Waals surface area contributed by atoms with Crippen LogP contribution in [0.3, 0.4) is 0 Å². The van der Waals surface area contributed by atoms with Crippen molar-refractivity contribution in [2.75, 3.05) is 11.9 Å². The van der Waals surface area contributed by atoms with Crippen LogP contribution < -0.4 is 5.32 Å². The van der Waals surface area contributed by atoms with Crippen LogP contribution in [0.1, 0.15) is 34.1 Å². The number of fused-ring (bicyclic) bond motifs is 1.